The van der Waals surface area contributed by atoms with E-state index in [0.29, 0.717) is 19.5 Å². The Balaban J connectivity index is 2.11. The van der Waals surface area contributed by atoms with Crippen LogP contribution in [-0.2, 0) is 16.0 Å². The topological polar surface area (TPSA) is 49.4 Å². The molecule has 0 aromatic heterocycles. The molecule has 1 N–H and O–H groups in total. The van der Waals surface area contributed by atoms with Gasteiger partial charge in [0.1, 0.15) is 5.54 Å². The summed E-state index contributed by atoms with van der Waals surface area (Å²) in [6.07, 6.45) is 0.345. The zero-order valence-corrected chi connectivity index (χ0v) is 10.8. The van der Waals surface area contributed by atoms with Gasteiger partial charge in [0.2, 0.25) is 11.8 Å². The lowest BCUT2D eigenvalue weighted by Crippen LogP contribution is -2.63. The molecule has 4 nitrogen and oxygen atoms in total. The molecule has 1 aliphatic rings. The van der Waals surface area contributed by atoms with Crippen molar-refractivity contribution in [1.29, 1.82) is 0 Å². The van der Waals surface area contributed by atoms with Gasteiger partial charge < -0.3 is 10.2 Å². The lowest BCUT2D eigenvalue weighted by atomic mass is 9.97. The number of nitrogens with zero attached hydrogens (tertiary/aromatic N) is 1. The van der Waals surface area contributed by atoms with Crippen molar-refractivity contribution in [1.82, 2.24) is 10.2 Å². The monoisotopic (exact) mass is 246 g/mol. The van der Waals surface area contributed by atoms with E-state index in [0.717, 1.165) is 5.56 Å². The number of carbonyl (C=O) groups is 2. The molecule has 1 heterocycles. The molecule has 0 unspecified atom stereocenters. The molecule has 1 aromatic carbocycles. The van der Waals surface area contributed by atoms with Gasteiger partial charge in [0.25, 0.3) is 0 Å². The Morgan fingerprint density at radius 2 is 2.00 bits per heavy atom. The van der Waals surface area contributed by atoms with Crippen LogP contribution in [0.15, 0.2) is 30.3 Å². The number of hydrogen-bond acceptors (Lipinski definition) is 2. The summed E-state index contributed by atoms with van der Waals surface area (Å²) in [4.78, 5) is 25.7. The summed E-state index contributed by atoms with van der Waals surface area (Å²) in [7, 11) is 0. The fourth-order valence-electron chi connectivity index (χ4n) is 2.20. The van der Waals surface area contributed by atoms with Crippen molar-refractivity contribution in [3.8, 4) is 0 Å². The number of benzene rings is 1. The van der Waals surface area contributed by atoms with Gasteiger partial charge >= 0.3 is 0 Å². The quantitative estimate of drug-likeness (QED) is 0.845. The van der Waals surface area contributed by atoms with Crippen molar-refractivity contribution in [2.24, 2.45) is 0 Å². The summed E-state index contributed by atoms with van der Waals surface area (Å²) in [6.45, 7) is 4.67. The normalized spacial score (nSPS) is 18.3. The first-order chi connectivity index (χ1) is 8.51. The zero-order valence-electron chi connectivity index (χ0n) is 10.8. The van der Waals surface area contributed by atoms with Crippen molar-refractivity contribution in [3.05, 3.63) is 35.9 Å². The number of piperazine rings is 1. The van der Waals surface area contributed by atoms with E-state index in [1.54, 1.807) is 18.7 Å². The summed E-state index contributed by atoms with van der Waals surface area (Å²) in [5.41, 5.74) is 0.216. The maximum Gasteiger partial charge on any atom is 0.245 e. The molecule has 0 radical (unpaired) electrons. The minimum absolute atomic E-state index is 0.000972. The number of rotatable bonds is 2. The van der Waals surface area contributed by atoms with Gasteiger partial charge in [-0.2, -0.15) is 0 Å². The predicted molar refractivity (Wildman–Crippen MR) is 68.9 cm³/mol. The number of nitrogens with one attached hydrogen (secondary N) is 1. The number of hydrogen-bond donors (Lipinski definition) is 1. The van der Waals surface area contributed by atoms with Crippen LogP contribution in [0, 0.1) is 0 Å². The second-order valence-electron chi connectivity index (χ2n) is 5.02. The summed E-state index contributed by atoms with van der Waals surface area (Å²) in [6, 6.07) is 9.60. The van der Waals surface area contributed by atoms with Gasteiger partial charge in [-0.3, -0.25) is 9.59 Å². The molecule has 0 saturated carbocycles. The fourth-order valence-corrected chi connectivity index (χ4v) is 2.20. The third kappa shape index (κ3) is 2.37. The second-order valence-corrected chi connectivity index (χ2v) is 5.02. The molecule has 1 saturated heterocycles. The van der Waals surface area contributed by atoms with Crippen molar-refractivity contribution in [2.75, 3.05) is 13.1 Å². The number of carbonyl (C=O) groups excluding carboxylic acids is 2. The largest absolute Gasteiger partial charge is 0.352 e. The van der Waals surface area contributed by atoms with Crippen LogP contribution in [0.1, 0.15) is 19.4 Å². The van der Waals surface area contributed by atoms with E-state index in [4.69, 9.17) is 0 Å². The van der Waals surface area contributed by atoms with Gasteiger partial charge in [0.05, 0.1) is 6.42 Å². The van der Waals surface area contributed by atoms with Crippen LogP contribution in [0.25, 0.3) is 0 Å². The molecule has 96 valence electrons. The minimum atomic E-state index is -0.760. The van der Waals surface area contributed by atoms with Crippen molar-refractivity contribution in [2.45, 2.75) is 25.8 Å². The Kier molecular flexibility index (Phi) is 3.36. The molecule has 0 bridgehead atoms. The average molecular weight is 246 g/mol. The molecular weight excluding hydrogens is 228 g/mol. The molecule has 4 heteroatoms. The van der Waals surface area contributed by atoms with E-state index in [1.807, 2.05) is 30.3 Å². The first-order valence-corrected chi connectivity index (χ1v) is 6.14. The maximum atomic E-state index is 12.3. The molecule has 1 aliphatic heterocycles. The Hall–Kier alpha value is -1.84. The smallest absolute Gasteiger partial charge is 0.245 e. The third-order valence-electron chi connectivity index (χ3n) is 3.35. The second kappa shape index (κ2) is 4.80. The van der Waals surface area contributed by atoms with Crippen molar-refractivity contribution < 1.29 is 9.59 Å². The van der Waals surface area contributed by atoms with Gasteiger partial charge in [-0.1, -0.05) is 30.3 Å². The van der Waals surface area contributed by atoms with Gasteiger partial charge in [-0.05, 0) is 19.4 Å². The SMILES string of the molecule is CC1(C)C(=O)NCCN1C(=O)Cc1ccccc1. The van der Waals surface area contributed by atoms with Crippen LogP contribution in [0.5, 0.6) is 0 Å². The molecule has 1 aromatic rings. The van der Waals surface area contributed by atoms with Gasteiger partial charge in [0, 0.05) is 13.1 Å². The highest BCUT2D eigenvalue weighted by molar-refractivity contribution is 5.92. The lowest BCUT2D eigenvalue weighted by Gasteiger charge is -2.41. The highest BCUT2D eigenvalue weighted by Crippen LogP contribution is 2.19. The molecular formula is C14H18N2O2. The molecule has 0 atom stereocenters. The van der Waals surface area contributed by atoms with Gasteiger partial charge in [-0.25, -0.2) is 0 Å². The third-order valence-corrected chi connectivity index (χ3v) is 3.35. The highest BCUT2D eigenvalue weighted by Gasteiger charge is 2.40. The van der Waals surface area contributed by atoms with E-state index >= 15 is 0 Å². The van der Waals surface area contributed by atoms with Crippen molar-refractivity contribution in [3.63, 3.8) is 0 Å². The summed E-state index contributed by atoms with van der Waals surface area (Å²) in [5.74, 6) is -0.0868. The minimum Gasteiger partial charge on any atom is -0.352 e. The van der Waals surface area contributed by atoms with Crippen LogP contribution >= 0.6 is 0 Å². The van der Waals surface area contributed by atoms with Gasteiger partial charge in [-0.15, -0.1) is 0 Å². The molecule has 2 amide bonds. The maximum absolute atomic E-state index is 12.3. The average Bonchev–Trinajstić information content (AvgIpc) is 2.33. The molecule has 0 spiro atoms. The Morgan fingerprint density at radius 1 is 1.33 bits per heavy atom. The first-order valence-electron chi connectivity index (χ1n) is 6.14. The molecule has 18 heavy (non-hydrogen) atoms. The zero-order chi connectivity index (χ0) is 13.2. The molecule has 0 aliphatic carbocycles. The number of amides is 2. The van der Waals surface area contributed by atoms with Crippen LogP contribution in [0.2, 0.25) is 0 Å². The Bertz CT molecular complexity index is 454. The molecule has 2 rings (SSSR count). The van der Waals surface area contributed by atoms with Gasteiger partial charge in [0.15, 0.2) is 0 Å². The first kappa shape index (κ1) is 12.6. The fraction of sp³-hybridized carbons (Fsp3) is 0.429. The van der Waals surface area contributed by atoms with Crippen molar-refractivity contribution >= 4 is 11.8 Å². The van der Waals surface area contributed by atoms with E-state index < -0.39 is 5.54 Å². The van der Waals surface area contributed by atoms with E-state index in [1.165, 1.54) is 0 Å². The van der Waals surface area contributed by atoms with Crippen LogP contribution in [-0.4, -0.2) is 35.3 Å². The van der Waals surface area contributed by atoms with E-state index in [2.05, 4.69) is 5.32 Å². The molecule has 1 fully saturated rings. The van der Waals surface area contributed by atoms with E-state index in [-0.39, 0.29) is 11.8 Å². The summed E-state index contributed by atoms with van der Waals surface area (Å²) >= 11 is 0. The Labute approximate surface area is 107 Å². The predicted octanol–water partition coefficient (Wildman–Crippen LogP) is 0.966. The van der Waals surface area contributed by atoms with Crippen LogP contribution in [0.3, 0.4) is 0 Å². The van der Waals surface area contributed by atoms with E-state index in [9.17, 15) is 9.59 Å². The standard InChI is InChI=1S/C14H18N2O2/c1-14(2)13(18)15-8-9-16(14)12(17)10-11-6-4-3-5-7-11/h3-7H,8-10H2,1-2H3,(H,15,18). The van der Waals surface area contributed by atoms with Crippen LogP contribution < -0.4 is 5.32 Å². The summed E-state index contributed by atoms with van der Waals surface area (Å²) < 4.78 is 0. The van der Waals surface area contributed by atoms with Crippen LogP contribution in [0.4, 0.5) is 0 Å². The highest BCUT2D eigenvalue weighted by atomic mass is 16.2. The Morgan fingerprint density at radius 3 is 2.67 bits per heavy atom. The summed E-state index contributed by atoms with van der Waals surface area (Å²) in [5, 5.41) is 2.79. The lowest BCUT2D eigenvalue weighted by molar-refractivity contribution is -0.148.